The van der Waals surface area contributed by atoms with Gasteiger partial charge >= 0.3 is 0 Å². The van der Waals surface area contributed by atoms with Crippen molar-refractivity contribution in [3.8, 4) is 0 Å². The van der Waals surface area contributed by atoms with E-state index in [1.807, 2.05) is 31.2 Å². The summed E-state index contributed by atoms with van der Waals surface area (Å²) >= 11 is 0. The maximum atomic E-state index is 12.8. The van der Waals surface area contributed by atoms with E-state index in [1.165, 1.54) is 0 Å². The molecule has 1 N–H and O–H groups in total. The molecular formula is C16H21N3O3. The van der Waals surface area contributed by atoms with E-state index >= 15 is 0 Å². The first-order valence-corrected chi connectivity index (χ1v) is 7.66. The number of rotatable bonds is 2. The monoisotopic (exact) mass is 303 g/mol. The Kier molecular flexibility index (Phi) is 4.40. The van der Waals surface area contributed by atoms with E-state index < -0.39 is 0 Å². The molecule has 1 saturated heterocycles. The van der Waals surface area contributed by atoms with Crippen molar-refractivity contribution in [3.05, 3.63) is 24.3 Å². The lowest BCUT2D eigenvalue weighted by Crippen LogP contribution is -2.47. The molecule has 2 aliphatic rings. The third-order valence-electron chi connectivity index (χ3n) is 4.09. The molecular weight excluding hydrogens is 282 g/mol. The van der Waals surface area contributed by atoms with Gasteiger partial charge in [0, 0.05) is 25.6 Å². The fraction of sp³-hybridized carbons (Fsp3) is 0.500. The number of nitrogens with one attached hydrogen (secondary N) is 1. The van der Waals surface area contributed by atoms with Crippen molar-refractivity contribution >= 4 is 23.2 Å². The van der Waals surface area contributed by atoms with Crippen LogP contribution in [0.15, 0.2) is 24.3 Å². The van der Waals surface area contributed by atoms with Gasteiger partial charge in [0.25, 0.3) is 0 Å². The van der Waals surface area contributed by atoms with Gasteiger partial charge in [0.15, 0.2) is 0 Å². The topological polar surface area (TPSA) is 61.9 Å². The van der Waals surface area contributed by atoms with Gasteiger partial charge in [0.05, 0.1) is 31.1 Å². The first-order chi connectivity index (χ1) is 10.6. The van der Waals surface area contributed by atoms with Crippen LogP contribution in [-0.2, 0) is 14.3 Å². The van der Waals surface area contributed by atoms with Crippen LogP contribution >= 0.6 is 0 Å². The molecule has 2 aliphatic heterocycles. The highest BCUT2D eigenvalue weighted by Crippen LogP contribution is 2.31. The molecule has 22 heavy (non-hydrogen) atoms. The predicted molar refractivity (Wildman–Crippen MR) is 83.9 cm³/mol. The van der Waals surface area contributed by atoms with E-state index in [0.29, 0.717) is 31.9 Å². The number of ether oxygens (including phenoxy) is 1. The van der Waals surface area contributed by atoms with E-state index in [4.69, 9.17) is 4.74 Å². The summed E-state index contributed by atoms with van der Waals surface area (Å²) in [5, 5.41) is 2.87. The van der Waals surface area contributed by atoms with Gasteiger partial charge in [-0.05, 0) is 19.1 Å². The van der Waals surface area contributed by atoms with E-state index in [9.17, 15) is 9.59 Å². The maximum absolute atomic E-state index is 12.8. The number of nitrogens with zero attached hydrogens (tertiary/aromatic N) is 2. The number of anilines is 2. The summed E-state index contributed by atoms with van der Waals surface area (Å²) in [6.07, 6.45) is 0.309. The minimum atomic E-state index is -0.155. The van der Waals surface area contributed by atoms with Gasteiger partial charge in [-0.2, -0.15) is 0 Å². The Morgan fingerprint density at radius 2 is 2.05 bits per heavy atom. The summed E-state index contributed by atoms with van der Waals surface area (Å²) in [6.45, 7) is 5.15. The van der Waals surface area contributed by atoms with Crippen molar-refractivity contribution in [1.29, 1.82) is 0 Å². The molecule has 0 aromatic heterocycles. The van der Waals surface area contributed by atoms with Gasteiger partial charge in [-0.3, -0.25) is 14.5 Å². The number of hydrogen-bond donors (Lipinski definition) is 1. The van der Waals surface area contributed by atoms with Gasteiger partial charge in [-0.1, -0.05) is 12.1 Å². The quantitative estimate of drug-likeness (QED) is 0.888. The van der Waals surface area contributed by atoms with Crippen LogP contribution in [0.2, 0.25) is 0 Å². The zero-order valence-electron chi connectivity index (χ0n) is 12.7. The molecule has 6 nitrogen and oxygen atoms in total. The lowest BCUT2D eigenvalue weighted by Gasteiger charge is -2.32. The van der Waals surface area contributed by atoms with Crippen LogP contribution in [0.1, 0.15) is 13.3 Å². The second-order valence-corrected chi connectivity index (χ2v) is 5.77. The summed E-state index contributed by atoms with van der Waals surface area (Å²) < 4.78 is 5.32. The molecule has 2 heterocycles. The zero-order chi connectivity index (χ0) is 15.5. The summed E-state index contributed by atoms with van der Waals surface area (Å²) in [4.78, 5) is 28.6. The fourth-order valence-corrected chi connectivity index (χ4v) is 2.99. The number of carbonyl (C=O) groups is 2. The largest absolute Gasteiger partial charge is 0.379 e. The van der Waals surface area contributed by atoms with E-state index in [0.717, 1.165) is 18.8 Å². The standard InChI is InChI=1S/C16H21N3O3/c1-12-10-15(20)17-13-4-2-3-5-14(13)19(12)16(21)11-18-6-8-22-9-7-18/h2-5,12H,6-11H2,1H3,(H,17,20). The first-order valence-electron chi connectivity index (χ1n) is 7.66. The molecule has 1 fully saturated rings. The molecule has 1 aromatic carbocycles. The number of benzene rings is 1. The molecule has 118 valence electrons. The van der Waals surface area contributed by atoms with Gasteiger partial charge in [-0.15, -0.1) is 0 Å². The number of hydrogen-bond acceptors (Lipinski definition) is 4. The Morgan fingerprint density at radius 1 is 1.32 bits per heavy atom. The SMILES string of the molecule is CC1CC(=O)Nc2ccccc2N1C(=O)CN1CCOCC1. The summed E-state index contributed by atoms with van der Waals surface area (Å²) in [5.41, 5.74) is 1.48. The van der Waals surface area contributed by atoms with Crippen LogP contribution in [0.3, 0.4) is 0 Å². The second-order valence-electron chi connectivity index (χ2n) is 5.77. The summed E-state index contributed by atoms with van der Waals surface area (Å²) in [7, 11) is 0. The first kappa shape index (κ1) is 15.0. The third kappa shape index (κ3) is 3.13. The molecule has 6 heteroatoms. The van der Waals surface area contributed by atoms with Crippen molar-refractivity contribution in [2.45, 2.75) is 19.4 Å². The Labute approximate surface area is 130 Å². The molecule has 2 amide bonds. The Balaban J connectivity index is 1.83. The molecule has 0 bridgehead atoms. The minimum absolute atomic E-state index is 0.0263. The maximum Gasteiger partial charge on any atom is 0.241 e. The van der Waals surface area contributed by atoms with Crippen molar-refractivity contribution in [1.82, 2.24) is 4.90 Å². The summed E-state index contributed by atoms with van der Waals surface area (Å²) in [6, 6.07) is 7.31. The van der Waals surface area contributed by atoms with Gasteiger partial charge < -0.3 is 15.0 Å². The van der Waals surface area contributed by atoms with Crippen molar-refractivity contribution < 1.29 is 14.3 Å². The van der Waals surface area contributed by atoms with E-state index in [-0.39, 0.29) is 17.9 Å². The highest BCUT2D eigenvalue weighted by atomic mass is 16.5. The van der Waals surface area contributed by atoms with Crippen LogP contribution in [0.5, 0.6) is 0 Å². The van der Waals surface area contributed by atoms with Crippen LogP contribution in [0.4, 0.5) is 11.4 Å². The van der Waals surface area contributed by atoms with Gasteiger partial charge in [0.1, 0.15) is 0 Å². The number of amides is 2. The molecule has 0 radical (unpaired) electrons. The summed E-state index contributed by atoms with van der Waals surface area (Å²) in [5.74, 6) is -0.0278. The predicted octanol–water partition coefficient (Wildman–Crippen LogP) is 1.08. The van der Waals surface area contributed by atoms with Crippen LogP contribution < -0.4 is 10.2 Å². The molecule has 3 rings (SSSR count). The Bertz CT molecular complexity index is 570. The number of morpholine rings is 1. The van der Waals surface area contributed by atoms with Crippen molar-refractivity contribution in [2.24, 2.45) is 0 Å². The Morgan fingerprint density at radius 3 is 2.82 bits per heavy atom. The highest BCUT2D eigenvalue weighted by Gasteiger charge is 2.30. The van der Waals surface area contributed by atoms with Crippen LogP contribution in [-0.4, -0.2) is 55.6 Å². The fourth-order valence-electron chi connectivity index (χ4n) is 2.99. The molecule has 0 spiro atoms. The van der Waals surface area contributed by atoms with Crippen LogP contribution in [0.25, 0.3) is 0 Å². The number of carbonyl (C=O) groups excluding carboxylic acids is 2. The molecule has 1 unspecified atom stereocenters. The van der Waals surface area contributed by atoms with Crippen molar-refractivity contribution in [2.75, 3.05) is 43.1 Å². The lowest BCUT2D eigenvalue weighted by atomic mass is 10.1. The average molecular weight is 303 g/mol. The number of fused-ring (bicyclic) bond motifs is 1. The van der Waals surface area contributed by atoms with Gasteiger partial charge in [0.2, 0.25) is 11.8 Å². The van der Waals surface area contributed by atoms with E-state index in [1.54, 1.807) is 4.90 Å². The minimum Gasteiger partial charge on any atom is -0.379 e. The van der Waals surface area contributed by atoms with Gasteiger partial charge in [-0.25, -0.2) is 0 Å². The lowest BCUT2D eigenvalue weighted by molar-refractivity contribution is -0.121. The van der Waals surface area contributed by atoms with Crippen LogP contribution in [0, 0.1) is 0 Å². The smallest absolute Gasteiger partial charge is 0.241 e. The van der Waals surface area contributed by atoms with E-state index in [2.05, 4.69) is 10.2 Å². The normalized spacial score (nSPS) is 22.7. The Hall–Kier alpha value is -1.92. The second kappa shape index (κ2) is 6.46. The molecule has 1 aromatic rings. The van der Waals surface area contributed by atoms with Crippen molar-refractivity contribution in [3.63, 3.8) is 0 Å². The molecule has 0 aliphatic carbocycles. The number of para-hydroxylation sites is 2. The molecule has 0 saturated carbocycles. The third-order valence-corrected chi connectivity index (χ3v) is 4.09. The highest BCUT2D eigenvalue weighted by molar-refractivity contribution is 6.04. The zero-order valence-corrected chi connectivity index (χ0v) is 12.7. The molecule has 1 atom stereocenters. The average Bonchev–Trinajstić information content (AvgIpc) is 2.62.